The van der Waals surface area contributed by atoms with E-state index in [9.17, 15) is 39.0 Å². The van der Waals surface area contributed by atoms with E-state index in [4.69, 9.17) is 22.9 Å². The number of amides is 4. The number of nitrogens with zero attached hydrogens (tertiary/aromatic N) is 1. The summed E-state index contributed by atoms with van der Waals surface area (Å²) in [7, 11) is 0. The Morgan fingerprint density at radius 1 is 0.838 bits per heavy atom. The maximum Gasteiger partial charge on any atom is 0.326 e. The third kappa shape index (κ3) is 13.6. The van der Waals surface area contributed by atoms with E-state index < -0.39 is 66.2 Å². The number of guanidine groups is 1. The summed E-state index contributed by atoms with van der Waals surface area (Å²) in [6, 6.07) is -5.45. The molecule has 0 fully saturated rings. The highest BCUT2D eigenvalue weighted by Gasteiger charge is 2.32. The fourth-order valence-electron chi connectivity index (χ4n) is 3.03. The zero-order valence-electron chi connectivity index (χ0n) is 20.9. The standard InChI is InChI=1S/C21H38N8O8/c1-3-10(2)16(23)19(35)27-11(6-7-14(22)30)17(33)29-13(9-15(31)32)18(34)28-12(20(36)37)5-4-8-26-21(24)25/h10-13,16H,3-9,23H2,1-2H3,(H2,22,30)(H,27,35)(H,28,34)(H,29,33)(H,31,32)(H,36,37)(H4,24,25,26). The van der Waals surface area contributed by atoms with Crippen molar-refractivity contribution < 1.29 is 39.0 Å². The maximum atomic E-state index is 12.9. The number of nitrogens with two attached hydrogens (primary N) is 4. The molecule has 0 aliphatic carbocycles. The maximum absolute atomic E-state index is 12.9. The molecule has 0 spiro atoms. The van der Waals surface area contributed by atoms with Gasteiger partial charge >= 0.3 is 11.9 Å². The number of nitrogens with one attached hydrogen (secondary N) is 3. The number of aliphatic imine (C=N–C) groups is 1. The molecule has 0 rings (SSSR count). The minimum absolute atomic E-state index is 0.0869. The van der Waals surface area contributed by atoms with E-state index in [1.54, 1.807) is 6.92 Å². The van der Waals surface area contributed by atoms with Gasteiger partial charge in [-0.2, -0.15) is 0 Å². The quantitative estimate of drug-likeness (QED) is 0.0480. The highest BCUT2D eigenvalue weighted by atomic mass is 16.4. The van der Waals surface area contributed by atoms with Gasteiger partial charge < -0.3 is 49.1 Å². The average Bonchev–Trinajstić information content (AvgIpc) is 2.80. The first kappa shape index (κ1) is 33.0. The fraction of sp³-hybridized carbons (Fsp3) is 0.667. The molecule has 210 valence electrons. The molecule has 0 radical (unpaired) electrons. The van der Waals surface area contributed by atoms with Gasteiger partial charge in [0.2, 0.25) is 23.6 Å². The fourth-order valence-corrected chi connectivity index (χ4v) is 3.03. The van der Waals surface area contributed by atoms with Crippen molar-refractivity contribution in [1.82, 2.24) is 16.0 Å². The van der Waals surface area contributed by atoms with Crippen LogP contribution in [0.1, 0.15) is 52.4 Å². The Morgan fingerprint density at radius 2 is 1.38 bits per heavy atom. The predicted molar refractivity (Wildman–Crippen MR) is 131 cm³/mol. The van der Waals surface area contributed by atoms with E-state index in [0.29, 0.717) is 6.42 Å². The molecule has 0 saturated heterocycles. The summed E-state index contributed by atoms with van der Waals surface area (Å²) >= 11 is 0. The number of rotatable bonds is 18. The number of carbonyl (C=O) groups excluding carboxylic acids is 4. The third-order valence-electron chi connectivity index (χ3n) is 5.44. The van der Waals surface area contributed by atoms with Crippen LogP contribution in [0.15, 0.2) is 4.99 Å². The van der Waals surface area contributed by atoms with E-state index in [-0.39, 0.29) is 44.1 Å². The summed E-state index contributed by atoms with van der Waals surface area (Å²) in [6.45, 7) is 3.64. The number of carbonyl (C=O) groups is 6. The molecular formula is C21H38N8O8. The Hall–Kier alpha value is -3.95. The second-order valence-electron chi connectivity index (χ2n) is 8.48. The molecule has 0 aromatic rings. The van der Waals surface area contributed by atoms with E-state index in [2.05, 4.69) is 20.9 Å². The SMILES string of the molecule is CCC(C)C(N)C(=O)NC(CCC(N)=O)C(=O)NC(CC(=O)O)C(=O)NC(CCCN=C(N)N)C(=O)O. The molecule has 0 heterocycles. The Balaban J connectivity index is 5.58. The van der Waals surface area contributed by atoms with Gasteiger partial charge in [0, 0.05) is 13.0 Å². The molecule has 13 N–H and O–H groups in total. The van der Waals surface area contributed by atoms with Crippen LogP contribution < -0.4 is 38.9 Å². The van der Waals surface area contributed by atoms with Crippen LogP contribution in [0.4, 0.5) is 0 Å². The van der Waals surface area contributed by atoms with Crippen molar-refractivity contribution in [1.29, 1.82) is 0 Å². The van der Waals surface area contributed by atoms with Crippen LogP contribution in [0.5, 0.6) is 0 Å². The minimum atomic E-state index is -1.69. The number of primary amides is 1. The van der Waals surface area contributed by atoms with Crippen LogP contribution in [-0.2, 0) is 28.8 Å². The van der Waals surface area contributed by atoms with Crippen LogP contribution >= 0.6 is 0 Å². The van der Waals surface area contributed by atoms with Crippen molar-refractivity contribution >= 4 is 41.5 Å². The molecule has 5 unspecified atom stereocenters. The zero-order chi connectivity index (χ0) is 28.7. The molecule has 0 aliphatic rings. The lowest BCUT2D eigenvalue weighted by Crippen LogP contribution is -2.58. The first-order chi connectivity index (χ1) is 17.2. The van der Waals surface area contributed by atoms with Gasteiger partial charge in [-0.1, -0.05) is 20.3 Å². The highest BCUT2D eigenvalue weighted by Crippen LogP contribution is 2.08. The van der Waals surface area contributed by atoms with Crippen LogP contribution in [0.3, 0.4) is 0 Å². The summed E-state index contributed by atoms with van der Waals surface area (Å²) < 4.78 is 0. The van der Waals surface area contributed by atoms with E-state index >= 15 is 0 Å². The molecule has 0 bridgehead atoms. The summed E-state index contributed by atoms with van der Waals surface area (Å²) in [6.07, 6.45) is -0.766. The molecule has 16 nitrogen and oxygen atoms in total. The molecule has 0 aromatic heterocycles. The van der Waals surface area contributed by atoms with Crippen LogP contribution in [0.2, 0.25) is 0 Å². The van der Waals surface area contributed by atoms with E-state index in [0.717, 1.165) is 0 Å². The van der Waals surface area contributed by atoms with Crippen molar-refractivity contribution in [3.05, 3.63) is 0 Å². The monoisotopic (exact) mass is 530 g/mol. The molecule has 0 aromatic carbocycles. The number of hydrogen-bond donors (Lipinski definition) is 9. The zero-order valence-corrected chi connectivity index (χ0v) is 20.9. The van der Waals surface area contributed by atoms with Crippen molar-refractivity contribution in [2.75, 3.05) is 6.54 Å². The lowest BCUT2D eigenvalue weighted by molar-refractivity contribution is -0.143. The van der Waals surface area contributed by atoms with Crippen LogP contribution in [0.25, 0.3) is 0 Å². The predicted octanol–water partition coefficient (Wildman–Crippen LogP) is -3.31. The third-order valence-corrected chi connectivity index (χ3v) is 5.44. The normalized spacial score (nSPS) is 14.7. The highest BCUT2D eigenvalue weighted by molar-refractivity contribution is 5.95. The second-order valence-corrected chi connectivity index (χ2v) is 8.48. The lowest BCUT2D eigenvalue weighted by Gasteiger charge is -2.25. The van der Waals surface area contributed by atoms with Crippen molar-refractivity contribution in [3.63, 3.8) is 0 Å². The van der Waals surface area contributed by atoms with Gasteiger partial charge in [0.25, 0.3) is 0 Å². The van der Waals surface area contributed by atoms with Crippen molar-refractivity contribution in [2.45, 2.75) is 76.5 Å². The van der Waals surface area contributed by atoms with Gasteiger partial charge in [-0.05, 0) is 25.2 Å². The first-order valence-corrected chi connectivity index (χ1v) is 11.6. The molecule has 0 aliphatic heterocycles. The summed E-state index contributed by atoms with van der Waals surface area (Å²) in [5, 5.41) is 25.4. The van der Waals surface area contributed by atoms with Gasteiger partial charge in [0.1, 0.15) is 18.1 Å². The van der Waals surface area contributed by atoms with Gasteiger partial charge in [0.15, 0.2) is 5.96 Å². The van der Waals surface area contributed by atoms with E-state index in [1.807, 2.05) is 6.92 Å². The van der Waals surface area contributed by atoms with Gasteiger partial charge in [-0.15, -0.1) is 0 Å². The Bertz CT molecular complexity index is 861. The summed E-state index contributed by atoms with van der Waals surface area (Å²) in [4.78, 5) is 75.9. The smallest absolute Gasteiger partial charge is 0.326 e. The average molecular weight is 531 g/mol. The molecule has 16 heteroatoms. The lowest BCUT2D eigenvalue weighted by atomic mass is 9.98. The Kier molecular flexibility index (Phi) is 14.9. The van der Waals surface area contributed by atoms with Crippen LogP contribution in [-0.4, -0.2) is 82.5 Å². The molecular weight excluding hydrogens is 492 g/mol. The second kappa shape index (κ2) is 16.7. The van der Waals surface area contributed by atoms with Crippen molar-refractivity contribution in [3.8, 4) is 0 Å². The van der Waals surface area contributed by atoms with Gasteiger partial charge in [-0.25, -0.2) is 4.79 Å². The molecule has 37 heavy (non-hydrogen) atoms. The number of hydrogen-bond acceptors (Lipinski definition) is 8. The largest absolute Gasteiger partial charge is 0.481 e. The van der Waals surface area contributed by atoms with Crippen molar-refractivity contribution in [2.24, 2.45) is 33.8 Å². The van der Waals surface area contributed by atoms with Gasteiger partial charge in [-0.3, -0.25) is 29.0 Å². The number of carboxylic acids is 2. The first-order valence-electron chi connectivity index (χ1n) is 11.6. The molecule has 0 saturated carbocycles. The Labute approximate surface area is 214 Å². The minimum Gasteiger partial charge on any atom is -0.481 e. The van der Waals surface area contributed by atoms with Crippen LogP contribution in [0, 0.1) is 5.92 Å². The van der Waals surface area contributed by atoms with Gasteiger partial charge in [0.05, 0.1) is 12.5 Å². The summed E-state index contributed by atoms with van der Waals surface area (Å²) in [5.74, 6) is -6.80. The topological polar surface area (TPSA) is 295 Å². The number of aliphatic carboxylic acids is 2. The molecule has 4 amide bonds. The summed E-state index contributed by atoms with van der Waals surface area (Å²) in [5.41, 5.74) is 21.4. The van der Waals surface area contributed by atoms with E-state index in [1.165, 1.54) is 0 Å². The number of carboxylic acid groups (broad SMARTS) is 2. The molecule has 5 atom stereocenters. The Morgan fingerprint density at radius 3 is 1.86 bits per heavy atom.